The average molecular weight is 240 g/mol. The van der Waals surface area contributed by atoms with Gasteiger partial charge in [-0.2, -0.15) is 0 Å². The van der Waals surface area contributed by atoms with E-state index in [0.717, 1.165) is 31.6 Å². The lowest BCUT2D eigenvalue weighted by molar-refractivity contribution is -0.000352. The van der Waals surface area contributed by atoms with E-state index in [0.29, 0.717) is 5.41 Å². The lowest BCUT2D eigenvalue weighted by Gasteiger charge is -2.40. The Morgan fingerprint density at radius 3 is 2.53 bits per heavy atom. The van der Waals surface area contributed by atoms with Crippen LogP contribution in [0.25, 0.3) is 0 Å². The molecule has 0 spiro atoms. The zero-order valence-electron chi connectivity index (χ0n) is 11.7. The molecular formula is C14H28N2O. The third-order valence-electron chi connectivity index (χ3n) is 4.53. The number of rotatable bonds is 6. The Morgan fingerprint density at radius 1 is 1.35 bits per heavy atom. The van der Waals surface area contributed by atoms with E-state index < -0.39 is 0 Å². The molecule has 3 nitrogen and oxygen atoms in total. The van der Waals surface area contributed by atoms with E-state index in [-0.39, 0.29) is 0 Å². The first-order chi connectivity index (χ1) is 8.15. The van der Waals surface area contributed by atoms with Crippen molar-refractivity contribution in [1.82, 2.24) is 10.2 Å². The molecule has 1 saturated heterocycles. The first kappa shape index (κ1) is 13.3. The number of nitrogens with one attached hydrogen (secondary N) is 1. The van der Waals surface area contributed by atoms with Crippen molar-refractivity contribution in [3.63, 3.8) is 0 Å². The van der Waals surface area contributed by atoms with Crippen LogP contribution in [0.2, 0.25) is 0 Å². The van der Waals surface area contributed by atoms with Crippen LogP contribution < -0.4 is 5.32 Å². The number of hydrogen-bond donors (Lipinski definition) is 1. The molecule has 1 aliphatic carbocycles. The highest BCUT2D eigenvalue weighted by Crippen LogP contribution is 2.39. The van der Waals surface area contributed by atoms with E-state index in [2.05, 4.69) is 31.2 Å². The van der Waals surface area contributed by atoms with Crippen LogP contribution in [-0.4, -0.2) is 51.8 Å². The molecule has 0 aromatic carbocycles. The van der Waals surface area contributed by atoms with E-state index in [1.54, 1.807) is 0 Å². The predicted molar refractivity (Wildman–Crippen MR) is 71.2 cm³/mol. The van der Waals surface area contributed by atoms with Gasteiger partial charge in [0.05, 0.1) is 0 Å². The molecule has 0 aromatic heterocycles. The van der Waals surface area contributed by atoms with Crippen molar-refractivity contribution in [1.29, 1.82) is 0 Å². The smallest absolute Gasteiger partial charge is 0.0472 e. The molecule has 100 valence electrons. The molecule has 3 heteroatoms. The number of hydrogen-bond acceptors (Lipinski definition) is 3. The largest absolute Gasteiger partial charge is 0.381 e. The molecule has 2 aliphatic rings. The molecule has 2 atom stereocenters. The molecule has 1 heterocycles. The summed E-state index contributed by atoms with van der Waals surface area (Å²) in [7, 11) is 4.36. The minimum absolute atomic E-state index is 0.444. The Labute approximate surface area is 106 Å². The minimum atomic E-state index is 0.444. The lowest BCUT2D eigenvalue weighted by atomic mass is 9.79. The van der Waals surface area contributed by atoms with Crippen LogP contribution >= 0.6 is 0 Å². The highest BCUT2D eigenvalue weighted by molar-refractivity contribution is 4.89. The molecule has 0 bridgehead atoms. The monoisotopic (exact) mass is 240 g/mol. The fourth-order valence-electron chi connectivity index (χ4n) is 3.26. The Kier molecular flexibility index (Phi) is 4.45. The normalized spacial score (nSPS) is 31.8. The van der Waals surface area contributed by atoms with Crippen molar-refractivity contribution in [3.8, 4) is 0 Å². The first-order valence-corrected chi connectivity index (χ1v) is 7.06. The zero-order chi connectivity index (χ0) is 12.3. The highest BCUT2D eigenvalue weighted by Gasteiger charge is 2.37. The lowest BCUT2D eigenvalue weighted by Crippen LogP contribution is -2.46. The predicted octanol–water partition coefficient (Wildman–Crippen LogP) is 1.59. The van der Waals surface area contributed by atoms with Gasteiger partial charge in [0.15, 0.2) is 0 Å². The molecule has 0 radical (unpaired) electrons. The summed E-state index contributed by atoms with van der Waals surface area (Å²) in [5.74, 6) is 1.93. The van der Waals surface area contributed by atoms with Crippen LogP contribution in [0.3, 0.4) is 0 Å². The van der Waals surface area contributed by atoms with Gasteiger partial charge >= 0.3 is 0 Å². The minimum Gasteiger partial charge on any atom is -0.381 e. The van der Waals surface area contributed by atoms with Crippen molar-refractivity contribution < 1.29 is 4.74 Å². The summed E-state index contributed by atoms with van der Waals surface area (Å²) < 4.78 is 5.52. The quantitative estimate of drug-likeness (QED) is 0.763. The summed E-state index contributed by atoms with van der Waals surface area (Å²) >= 11 is 0. The summed E-state index contributed by atoms with van der Waals surface area (Å²) in [6.07, 6.45) is 3.85. The summed E-state index contributed by atoms with van der Waals surface area (Å²) in [6, 6.07) is 0. The maximum absolute atomic E-state index is 5.52. The van der Waals surface area contributed by atoms with Gasteiger partial charge in [-0.05, 0) is 50.6 Å². The van der Waals surface area contributed by atoms with Crippen molar-refractivity contribution in [2.45, 2.75) is 26.2 Å². The van der Waals surface area contributed by atoms with Gasteiger partial charge in [-0.3, -0.25) is 0 Å². The maximum atomic E-state index is 5.52. The van der Waals surface area contributed by atoms with Crippen LogP contribution in [-0.2, 0) is 4.74 Å². The van der Waals surface area contributed by atoms with Crippen molar-refractivity contribution in [3.05, 3.63) is 0 Å². The average Bonchev–Trinajstić information content (AvgIpc) is 2.95. The molecule has 0 amide bonds. The standard InChI is InChI=1S/C14H28N2O/c1-12-8-13(12)9-16(3)11-14(10-15-2)4-6-17-7-5-14/h12-13,15H,4-11H2,1-3H3. The molecule has 2 rings (SSSR count). The van der Waals surface area contributed by atoms with Crippen molar-refractivity contribution in [2.24, 2.45) is 17.3 Å². The van der Waals surface area contributed by atoms with Crippen LogP contribution in [0, 0.1) is 17.3 Å². The second-order valence-electron chi connectivity index (χ2n) is 6.31. The Morgan fingerprint density at radius 2 is 2.00 bits per heavy atom. The molecule has 1 aliphatic heterocycles. The van der Waals surface area contributed by atoms with Crippen LogP contribution in [0.1, 0.15) is 26.2 Å². The van der Waals surface area contributed by atoms with E-state index in [4.69, 9.17) is 4.74 Å². The van der Waals surface area contributed by atoms with E-state index in [1.165, 1.54) is 32.4 Å². The van der Waals surface area contributed by atoms with Crippen molar-refractivity contribution >= 4 is 0 Å². The van der Waals surface area contributed by atoms with Gasteiger partial charge in [0, 0.05) is 32.8 Å². The third-order valence-corrected chi connectivity index (χ3v) is 4.53. The van der Waals surface area contributed by atoms with Crippen LogP contribution in [0.4, 0.5) is 0 Å². The second kappa shape index (κ2) is 5.68. The van der Waals surface area contributed by atoms with Crippen LogP contribution in [0.15, 0.2) is 0 Å². The molecule has 2 fully saturated rings. The van der Waals surface area contributed by atoms with Gasteiger partial charge in [-0.25, -0.2) is 0 Å². The summed E-state index contributed by atoms with van der Waals surface area (Å²) in [4.78, 5) is 2.55. The van der Waals surface area contributed by atoms with Gasteiger partial charge in [-0.1, -0.05) is 6.92 Å². The van der Waals surface area contributed by atoms with Gasteiger partial charge in [0.25, 0.3) is 0 Å². The maximum Gasteiger partial charge on any atom is 0.0472 e. The SMILES string of the molecule is CNCC1(CN(C)CC2CC2C)CCOCC1. The summed E-state index contributed by atoms with van der Waals surface area (Å²) in [5.41, 5.74) is 0.444. The van der Waals surface area contributed by atoms with E-state index >= 15 is 0 Å². The molecule has 2 unspecified atom stereocenters. The third kappa shape index (κ3) is 3.67. The Hall–Kier alpha value is -0.120. The fourth-order valence-corrected chi connectivity index (χ4v) is 3.26. The molecule has 1 saturated carbocycles. The Balaban J connectivity index is 1.82. The topological polar surface area (TPSA) is 24.5 Å². The van der Waals surface area contributed by atoms with Crippen LogP contribution in [0.5, 0.6) is 0 Å². The van der Waals surface area contributed by atoms with E-state index in [1.807, 2.05) is 0 Å². The second-order valence-corrected chi connectivity index (χ2v) is 6.31. The molecule has 1 N–H and O–H groups in total. The van der Waals surface area contributed by atoms with E-state index in [9.17, 15) is 0 Å². The summed E-state index contributed by atoms with van der Waals surface area (Å²) in [5, 5.41) is 3.38. The molecular weight excluding hydrogens is 212 g/mol. The first-order valence-electron chi connectivity index (χ1n) is 7.06. The van der Waals surface area contributed by atoms with Gasteiger partial charge in [0.1, 0.15) is 0 Å². The molecule has 0 aromatic rings. The molecule has 17 heavy (non-hydrogen) atoms. The number of nitrogens with zero attached hydrogens (tertiary/aromatic N) is 1. The fraction of sp³-hybridized carbons (Fsp3) is 1.00. The van der Waals surface area contributed by atoms with Gasteiger partial charge in [0.2, 0.25) is 0 Å². The van der Waals surface area contributed by atoms with Crippen molar-refractivity contribution in [2.75, 3.05) is 46.9 Å². The Bertz CT molecular complexity index is 233. The zero-order valence-corrected chi connectivity index (χ0v) is 11.7. The summed E-state index contributed by atoms with van der Waals surface area (Å²) in [6.45, 7) is 7.88. The highest BCUT2D eigenvalue weighted by atomic mass is 16.5. The number of ether oxygens (including phenoxy) is 1. The van der Waals surface area contributed by atoms with Gasteiger partial charge in [-0.15, -0.1) is 0 Å². The van der Waals surface area contributed by atoms with Gasteiger partial charge < -0.3 is 15.0 Å².